The summed E-state index contributed by atoms with van der Waals surface area (Å²) in [6.45, 7) is 4.08. The Morgan fingerprint density at radius 2 is 1.95 bits per heavy atom. The largest absolute Gasteiger partial charge is 0.352 e. The minimum absolute atomic E-state index is 0.0188. The van der Waals surface area contributed by atoms with E-state index in [4.69, 9.17) is 0 Å². The molecule has 6 heteroatoms. The third kappa shape index (κ3) is 3.58. The van der Waals surface area contributed by atoms with Gasteiger partial charge in [-0.3, -0.25) is 4.79 Å². The van der Waals surface area contributed by atoms with Gasteiger partial charge in [-0.05, 0) is 30.2 Å². The van der Waals surface area contributed by atoms with Gasteiger partial charge in [-0.2, -0.15) is 0 Å². The van der Waals surface area contributed by atoms with Gasteiger partial charge in [-0.15, -0.1) is 0 Å². The van der Waals surface area contributed by atoms with Crippen molar-refractivity contribution >= 4 is 15.7 Å². The third-order valence-electron chi connectivity index (χ3n) is 3.67. The van der Waals surface area contributed by atoms with E-state index in [1.807, 2.05) is 0 Å². The summed E-state index contributed by atoms with van der Waals surface area (Å²) in [5.74, 6) is 0.419. The summed E-state index contributed by atoms with van der Waals surface area (Å²) in [4.78, 5) is 12.3. The fourth-order valence-corrected chi connectivity index (χ4v) is 2.97. The molecule has 2 N–H and O–H groups in total. The Balaban J connectivity index is 1.93. The first-order valence-electron chi connectivity index (χ1n) is 6.65. The van der Waals surface area contributed by atoms with Crippen LogP contribution < -0.4 is 10.6 Å². The van der Waals surface area contributed by atoms with Crippen molar-refractivity contribution in [3.8, 4) is 0 Å². The molecule has 0 spiro atoms. The number of amides is 1. The fraction of sp³-hybridized carbons (Fsp3) is 0.500. The van der Waals surface area contributed by atoms with Gasteiger partial charge in [-0.1, -0.05) is 19.1 Å². The van der Waals surface area contributed by atoms with E-state index in [0.717, 1.165) is 18.7 Å². The second kappa shape index (κ2) is 5.93. The minimum Gasteiger partial charge on any atom is -0.352 e. The average Bonchev–Trinajstić information content (AvgIpc) is 2.82. The zero-order chi connectivity index (χ0) is 14.8. The number of carbonyl (C=O) groups is 1. The summed E-state index contributed by atoms with van der Waals surface area (Å²) in [6, 6.07) is 6.59. The van der Waals surface area contributed by atoms with Crippen LogP contribution in [0.1, 0.15) is 12.5 Å². The summed E-state index contributed by atoms with van der Waals surface area (Å²) < 4.78 is 22.7. The lowest BCUT2D eigenvalue weighted by atomic mass is 9.97. The van der Waals surface area contributed by atoms with E-state index in [0.29, 0.717) is 17.4 Å². The molecule has 5 nitrogen and oxygen atoms in total. The van der Waals surface area contributed by atoms with Crippen molar-refractivity contribution in [2.75, 3.05) is 19.3 Å². The van der Waals surface area contributed by atoms with E-state index < -0.39 is 9.84 Å². The molecule has 0 radical (unpaired) electrons. The lowest BCUT2D eigenvalue weighted by Crippen LogP contribution is -2.33. The molecule has 2 atom stereocenters. The summed E-state index contributed by atoms with van der Waals surface area (Å²) in [6.07, 6.45) is 1.18. The zero-order valence-electron chi connectivity index (χ0n) is 11.7. The smallest absolute Gasteiger partial charge is 0.224 e. The number of rotatable bonds is 4. The molecule has 1 saturated heterocycles. The molecule has 1 amide bonds. The quantitative estimate of drug-likeness (QED) is 0.851. The number of sulfone groups is 1. The highest BCUT2D eigenvalue weighted by atomic mass is 32.2. The Hall–Kier alpha value is -1.40. The van der Waals surface area contributed by atoms with Gasteiger partial charge in [0.05, 0.1) is 10.8 Å². The third-order valence-corrected chi connectivity index (χ3v) is 4.80. The van der Waals surface area contributed by atoms with Gasteiger partial charge < -0.3 is 10.6 Å². The molecule has 2 unspecified atom stereocenters. The van der Waals surface area contributed by atoms with Crippen LogP contribution in [0.5, 0.6) is 0 Å². The van der Waals surface area contributed by atoms with Crippen molar-refractivity contribution < 1.29 is 13.2 Å². The normalized spacial score (nSPS) is 22.7. The number of hydrogen-bond acceptors (Lipinski definition) is 4. The Bertz CT molecular complexity index is 581. The van der Waals surface area contributed by atoms with E-state index in [1.165, 1.54) is 6.26 Å². The second-order valence-electron chi connectivity index (χ2n) is 5.38. The molecular weight excluding hydrogens is 276 g/mol. The van der Waals surface area contributed by atoms with E-state index in [-0.39, 0.29) is 11.8 Å². The first-order chi connectivity index (χ1) is 9.38. The van der Waals surface area contributed by atoms with E-state index in [1.54, 1.807) is 24.3 Å². The minimum atomic E-state index is -3.17. The van der Waals surface area contributed by atoms with Crippen LogP contribution in [0, 0.1) is 11.8 Å². The van der Waals surface area contributed by atoms with Gasteiger partial charge in [0.2, 0.25) is 5.91 Å². The fourth-order valence-electron chi connectivity index (χ4n) is 2.34. The molecular formula is C14H20N2O3S. The van der Waals surface area contributed by atoms with Crippen LogP contribution in [0.25, 0.3) is 0 Å². The zero-order valence-corrected chi connectivity index (χ0v) is 12.5. The highest BCUT2D eigenvalue weighted by molar-refractivity contribution is 7.90. The second-order valence-corrected chi connectivity index (χ2v) is 7.39. The van der Waals surface area contributed by atoms with Gasteiger partial charge in [0.15, 0.2) is 9.84 Å². The van der Waals surface area contributed by atoms with Crippen molar-refractivity contribution in [3.05, 3.63) is 29.8 Å². The predicted molar refractivity (Wildman–Crippen MR) is 76.9 cm³/mol. The van der Waals surface area contributed by atoms with E-state index in [9.17, 15) is 13.2 Å². The topological polar surface area (TPSA) is 75.3 Å². The van der Waals surface area contributed by atoms with Crippen molar-refractivity contribution in [1.29, 1.82) is 0 Å². The first-order valence-corrected chi connectivity index (χ1v) is 8.54. The molecule has 1 fully saturated rings. The van der Waals surface area contributed by atoms with Crippen LogP contribution in [0.4, 0.5) is 0 Å². The van der Waals surface area contributed by atoms with Gasteiger partial charge in [-0.25, -0.2) is 8.42 Å². The summed E-state index contributed by atoms with van der Waals surface area (Å²) in [7, 11) is -3.17. The van der Waals surface area contributed by atoms with Crippen LogP contribution in [-0.2, 0) is 21.2 Å². The van der Waals surface area contributed by atoms with Crippen molar-refractivity contribution in [2.45, 2.75) is 18.4 Å². The number of nitrogens with one attached hydrogen (secondary N) is 2. The van der Waals surface area contributed by atoms with Crippen LogP contribution in [0.3, 0.4) is 0 Å². The highest BCUT2D eigenvalue weighted by Crippen LogP contribution is 2.16. The Morgan fingerprint density at radius 1 is 1.30 bits per heavy atom. The molecule has 0 aromatic heterocycles. The molecule has 1 aromatic carbocycles. The highest BCUT2D eigenvalue weighted by Gasteiger charge is 2.29. The Morgan fingerprint density at radius 3 is 2.45 bits per heavy atom. The monoisotopic (exact) mass is 296 g/mol. The summed E-state index contributed by atoms with van der Waals surface area (Å²) in [5, 5.41) is 6.10. The van der Waals surface area contributed by atoms with Crippen LogP contribution in [0.2, 0.25) is 0 Å². The van der Waals surface area contributed by atoms with Gasteiger partial charge in [0, 0.05) is 19.3 Å². The number of carbonyl (C=O) groups excluding carboxylic acids is 1. The van der Waals surface area contributed by atoms with E-state index >= 15 is 0 Å². The average molecular weight is 296 g/mol. The van der Waals surface area contributed by atoms with Crippen LogP contribution >= 0.6 is 0 Å². The van der Waals surface area contributed by atoms with Gasteiger partial charge in [0.1, 0.15) is 0 Å². The molecule has 1 heterocycles. The molecule has 2 rings (SSSR count). The molecule has 0 aliphatic carbocycles. The molecule has 1 aliphatic heterocycles. The van der Waals surface area contributed by atoms with Crippen molar-refractivity contribution in [2.24, 2.45) is 11.8 Å². The number of benzene rings is 1. The molecule has 110 valence electrons. The molecule has 1 aliphatic rings. The SMILES string of the molecule is CC1CNCC1C(=O)NCc1ccc(S(C)(=O)=O)cc1. The molecule has 0 saturated carbocycles. The standard InChI is InChI=1S/C14H20N2O3S/c1-10-7-15-9-13(10)14(17)16-8-11-3-5-12(6-4-11)20(2,18)19/h3-6,10,13,15H,7-9H2,1-2H3,(H,16,17). The lowest BCUT2D eigenvalue weighted by molar-refractivity contribution is -0.125. The lowest BCUT2D eigenvalue weighted by Gasteiger charge is -2.14. The predicted octanol–water partition coefficient (Wildman–Crippen LogP) is 0.562. The van der Waals surface area contributed by atoms with Gasteiger partial charge in [0.25, 0.3) is 0 Å². The van der Waals surface area contributed by atoms with Gasteiger partial charge >= 0.3 is 0 Å². The maximum absolute atomic E-state index is 12.0. The van der Waals surface area contributed by atoms with Crippen LogP contribution in [-0.4, -0.2) is 33.7 Å². The Kier molecular flexibility index (Phi) is 4.45. The van der Waals surface area contributed by atoms with E-state index in [2.05, 4.69) is 17.6 Å². The van der Waals surface area contributed by atoms with Crippen molar-refractivity contribution in [1.82, 2.24) is 10.6 Å². The first kappa shape index (κ1) is 15.0. The molecule has 0 bridgehead atoms. The molecule has 20 heavy (non-hydrogen) atoms. The summed E-state index contributed by atoms with van der Waals surface area (Å²) >= 11 is 0. The maximum Gasteiger partial charge on any atom is 0.224 e. The maximum atomic E-state index is 12.0. The number of hydrogen-bond donors (Lipinski definition) is 2. The van der Waals surface area contributed by atoms with Crippen LogP contribution in [0.15, 0.2) is 29.2 Å². The molecule has 1 aromatic rings. The Labute approximate surface area is 119 Å². The van der Waals surface area contributed by atoms with Crippen molar-refractivity contribution in [3.63, 3.8) is 0 Å². The summed E-state index contributed by atoms with van der Waals surface area (Å²) in [5.41, 5.74) is 0.893.